The smallest absolute Gasteiger partial charge is 0.249 e. The van der Waals surface area contributed by atoms with E-state index in [4.69, 9.17) is 5.73 Å². The van der Waals surface area contributed by atoms with E-state index in [9.17, 15) is 9.59 Å². The van der Waals surface area contributed by atoms with E-state index >= 15 is 0 Å². The molecule has 2 amide bonds. The number of anilines is 1. The highest BCUT2D eigenvalue weighted by molar-refractivity contribution is 7.08. The van der Waals surface area contributed by atoms with Gasteiger partial charge in [0.15, 0.2) is 0 Å². The molecule has 0 aliphatic heterocycles. The van der Waals surface area contributed by atoms with Crippen molar-refractivity contribution >= 4 is 34.9 Å². The quantitative estimate of drug-likeness (QED) is 0.855. The molecule has 5 nitrogen and oxygen atoms in total. The third kappa shape index (κ3) is 3.85. The van der Waals surface area contributed by atoms with Crippen molar-refractivity contribution in [1.29, 1.82) is 0 Å². The molecule has 1 aromatic heterocycles. The zero-order chi connectivity index (χ0) is 17.0. The van der Waals surface area contributed by atoms with Crippen LogP contribution in [0, 0.1) is 0 Å². The third-order valence-electron chi connectivity index (χ3n) is 3.43. The summed E-state index contributed by atoms with van der Waals surface area (Å²) in [6, 6.07) is 6.48. The third-order valence-corrected chi connectivity index (χ3v) is 4.13. The molecular weight excluding hydrogens is 310 g/mol. The Balaban J connectivity index is 2.25. The van der Waals surface area contributed by atoms with Gasteiger partial charge in [-0.25, -0.2) is 0 Å². The number of primary amides is 1. The number of carbonyl (C=O) groups is 2. The molecule has 0 aliphatic rings. The highest BCUT2D eigenvalue weighted by Crippen LogP contribution is 2.24. The molecule has 6 heteroatoms. The molecule has 1 heterocycles. The highest BCUT2D eigenvalue weighted by Gasteiger charge is 2.23. The van der Waals surface area contributed by atoms with Crippen LogP contribution >= 0.6 is 11.3 Å². The first-order chi connectivity index (χ1) is 10.9. The summed E-state index contributed by atoms with van der Waals surface area (Å²) in [5.74, 6) is -0.669. The Hall–Kier alpha value is -2.44. The fraction of sp³-hybridized carbons (Fsp3) is 0.176. The number of nitrogens with one attached hydrogen (secondary N) is 1. The first kappa shape index (κ1) is 16.9. The number of amides is 2. The van der Waals surface area contributed by atoms with Crippen molar-refractivity contribution < 1.29 is 9.59 Å². The van der Waals surface area contributed by atoms with Gasteiger partial charge >= 0.3 is 0 Å². The Morgan fingerprint density at radius 3 is 2.61 bits per heavy atom. The lowest BCUT2D eigenvalue weighted by atomic mass is 10.1. The molecule has 3 N–H and O–H groups in total. The number of likely N-dealkylation sites (N-methyl/N-ethyl adjacent to an activating group) is 1. The second-order valence-corrected chi connectivity index (χ2v) is 6.06. The van der Waals surface area contributed by atoms with Gasteiger partial charge in [0.25, 0.3) is 0 Å². The van der Waals surface area contributed by atoms with Crippen molar-refractivity contribution in [1.82, 2.24) is 4.90 Å². The topological polar surface area (TPSA) is 75.4 Å². The predicted molar refractivity (Wildman–Crippen MR) is 94.4 cm³/mol. The molecule has 2 rings (SSSR count). The lowest BCUT2D eigenvalue weighted by molar-refractivity contribution is -0.120. The second-order valence-electron chi connectivity index (χ2n) is 5.28. The number of hydrogen-bond acceptors (Lipinski definition) is 4. The number of nitrogens with zero attached hydrogens (tertiary/aromatic N) is 1. The summed E-state index contributed by atoms with van der Waals surface area (Å²) in [7, 11) is 3.71. The zero-order valence-corrected chi connectivity index (χ0v) is 13.9. The van der Waals surface area contributed by atoms with Crippen LogP contribution in [0.4, 0.5) is 5.69 Å². The monoisotopic (exact) mass is 329 g/mol. The van der Waals surface area contributed by atoms with Crippen LogP contribution < -0.4 is 11.1 Å². The molecule has 120 valence electrons. The lowest BCUT2D eigenvalue weighted by Gasteiger charge is -2.23. The maximum Gasteiger partial charge on any atom is 0.249 e. The molecule has 0 spiro atoms. The van der Waals surface area contributed by atoms with Crippen LogP contribution in [0.15, 0.2) is 41.6 Å². The van der Waals surface area contributed by atoms with Crippen LogP contribution in [0.3, 0.4) is 0 Å². The first-order valence-electron chi connectivity index (χ1n) is 6.99. The molecule has 0 bridgehead atoms. The molecule has 1 atom stereocenters. The number of rotatable bonds is 6. The van der Waals surface area contributed by atoms with E-state index in [1.807, 2.05) is 35.8 Å². The van der Waals surface area contributed by atoms with Gasteiger partial charge in [-0.3, -0.25) is 14.5 Å². The van der Waals surface area contributed by atoms with Crippen molar-refractivity contribution in [2.75, 3.05) is 19.4 Å². The van der Waals surface area contributed by atoms with E-state index in [2.05, 4.69) is 11.9 Å². The summed E-state index contributed by atoms with van der Waals surface area (Å²) < 4.78 is 0. The maximum absolute atomic E-state index is 12.6. The fourth-order valence-electron chi connectivity index (χ4n) is 2.36. The van der Waals surface area contributed by atoms with Crippen molar-refractivity contribution in [3.8, 4) is 0 Å². The fourth-order valence-corrected chi connectivity index (χ4v) is 3.04. The molecule has 0 saturated carbocycles. The Labute approximate surface area is 139 Å². The number of thiophene rings is 1. The molecule has 2 aromatic rings. The Morgan fingerprint density at radius 2 is 2.09 bits per heavy atom. The van der Waals surface area contributed by atoms with Crippen molar-refractivity contribution in [2.24, 2.45) is 5.73 Å². The van der Waals surface area contributed by atoms with Crippen LogP contribution in [0.25, 0.3) is 6.08 Å². The van der Waals surface area contributed by atoms with Crippen molar-refractivity contribution in [2.45, 2.75) is 6.04 Å². The number of hydrogen-bond donors (Lipinski definition) is 2. The van der Waals surface area contributed by atoms with Crippen molar-refractivity contribution in [3.63, 3.8) is 0 Å². The summed E-state index contributed by atoms with van der Waals surface area (Å²) in [5, 5.41) is 6.77. The summed E-state index contributed by atoms with van der Waals surface area (Å²) in [5.41, 5.74) is 7.81. The largest absolute Gasteiger partial charge is 0.366 e. The number of benzene rings is 1. The van der Waals surface area contributed by atoms with Gasteiger partial charge in [-0.1, -0.05) is 12.7 Å². The van der Waals surface area contributed by atoms with Crippen LogP contribution in [-0.4, -0.2) is 30.8 Å². The molecule has 1 aromatic carbocycles. The van der Waals surface area contributed by atoms with Gasteiger partial charge in [-0.15, -0.1) is 0 Å². The summed E-state index contributed by atoms with van der Waals surface area (Å²) in [4.78, 5) is 25.8. The molecular formula is C17H19N3O2S. The zero-order valence-electron chi connectivity index (χ0n) is 13.1. The molecule has 0 radical (unpaired) electrons. The summed E-state index contributed by atoms with van der Waals surface area (Å²) in [6.07, 6.45) is 1.54. The standard InChI is InChI=1S/C17H19N3O2S/c1-4-11-9-13(5-6-14(11)16(18)21)19-17(22)15(20(2)3)12-7-8-23-10-12/h4-10,15H,1H2,2-3H3,(H2,18,21)(H,19,22). The van der Waals surface area contributed by atoms with E-state index in [1.54, 1.807) is 29.5 Å². The van der Waals surface area contributed by atoms with E-state index in [-0.39, 0.29) is 11.9 Å². The van der Waals surface area contributed by atoms with Gasteiger partial charge in [0, 0.05) is 11.3 Å². The Morgan fingerprint density at radius 1 is 1.35 bits per heavy atom. The van der Waals surface area contributed by atoms with Crippen LogP contribution in [-0.2, 0) is 4.79 Å². The Kier molecular flexibility index (Phi) is 5.31. The summed E-state index contributed by atoms with van der Waals surface area (Å²) >= 11 is 1.55. The van der Waals surface area contributed by atoms with Crippen LogP contribution in [0.2, 0.25) is 0 Å². The minimum Gasteiger partial charge on any atom is -0.366 e. The van der Waals surface area contributed by atoms with Gasteiger partial charge in [0.1, 0.15) is 6.04 Å². The van der Waals surface area contributed by atoms with Gasteiger partial charge in [-0.2, -0.15) is 11.3 Å². The minimum atomic E-state index is -0.526. The normalized spacial score (nSPS) is 12.0. The molecule has 0 aliphatic carbocycles. The van der Waals surface area contributed by atoms with Gasteiger partial charge < -0.3 is 11.1 Å². The van der Waals surface area contributed by atoms with Gasteiger partial charge in [0.05, 0.1) is 0 Å². The first-order valence-corrected chi connectivity index (χ1v) is 7.94. The van der Waals surface area contributed by atoms with E-state index in [1.165, 1.54) is 6.08 Å². The number of nitrogens with two attached hydrogens (primary N) is 1. The lowest BCUT2D eigenvalue weighted by Crippen LogP contribution is -2.32. The van der Waals surface area contributed by atoms with Crippen molar-refractivity contribution in [3.05, 3.63) is 58.3 Å². The molecule has 23 heavy (non-hydrogen) atoms. The van der Waals surface area contributed by atoms with Gasteiger partial charge in [-0.05, 0) is 60.2 Å². The molecule has 1 unspecified atom stereocenters. The maximum atomic E-state index is 12.6. The number of carbonyl (C=O) groups excluding carboxylic acids is 2. The molecule has 0 fully saturated rings. The second kappa shape index (κ2) is 7.21. The van der Waals surface area contributed by atoms with E-state index in [0.29, 0.717) is 16.8 Å². The van der Waals surface area contributed by atoms with Crippen LogP contribution in [0.1, 0.15) is 27.5 Å². The SMILES string of the molecule is C=Cc1cc(NC(=O)C(c2ccsc2)N(C)C)ccc1C(N)=O. The van der Waals surface area contributed by atoms with Gasteiger partial charge in [0.2, 0.25) is 11.8 Å². The average Bonchev–Trinajstić information content (AvgIpc) is 3.00. The van der Waals surface area contributed by atoms with Crippen LogP contribution in [0.5, 0.6) is 0 Å². The van der Waals surface area contributed by atoms with E-state index < -0.39 is 5.91 Å². The Bertz CT molecular complexity index is 723. The highest BCUT2D eigenvalue weighted by atomic mass is 32.1. The minimum absolute atomic E-state index is 0.143. The molecule has 0 saturated heterocycles. The van der Waals surface area contributed by atoms with E-state index in [0.717, 1.165) is 5.56 Å². The predicted octanol–water partition coefficient (Wildman–Crippen LogP) is 2.73. The average molecular weight is 329 g/mol. The summed E-state index contributed by atoms with van der Waals surface area (Å²) in [6.45, 7) is 3.67.